The summed E-state index contributed by atoms with van der Waals surface area (Å²) in [5.74, 6) is 1.16. The van der Waals surface area contributed by atoms with Gasteiger partial charge < -0.3 is 9.47 Å². The van der Waals surface area contributed by atoms with E-state index in [-0.39, 0.29) is 23.1 Å². The van der Waals surface area contributed by atoms with E-state index in [1.54, 1.807) is 11.1 Å². The minimum atomic E-state index is -0.162. The predicted molar refractivity (Wildman–Crippen MR) is 105 cm³/mol. The van der Waals surface area contributed by atoms with Crippen molar-refractivity contribution in [2.24, 2.45) is 22.7 Å². The molecule has 0 radical (unpaired) electrons. The molecular weight excluding hydrogens is 336 g/mol. The molecule has 1 aliphatic heterocycles. The Morgan fingerprint density at radius 3 is 2.78 bits per heavy atom. The van der Waals surface area contributed by atoms with E-state index >= 15 is 0 Å². The molecule has 0 N–H and O–H groups in total. The van der Waals surface area contributed by atoms with E-state index in [0.29, 0.717) is 11.3 Å². The summed E-state index contributed by atoms with van der Waals surface area (Å²) in [4.78, 5) is 11.4. The van der Waals surface area contributed by atoms with Gasteiger partial charge in [-0.3, -0.25) is 4.79 Å². The van der Waals surface area contributed by atoms with Crippen molar-refractivity contribution in [1.29, 1.82) is 0 Å². The van der Waals surface area contributed by atoms with Gasteiger partial charge in [-0.25, -0.2) is 0 Å². The second kappa shape index (κ2) is 5.95. The molecule has 0 aromatic heterocycles. The second-order valence-corrected chi connectivity index (χ2v) is 10.2. The van der Waals surface area contributed by atoms with Crippen LogP contribution in [0.25, 0.3) is 0 Å². The van der Waals surface area contributed by atoms with Crippen LogP contribution in [0.3, 0.4) is 0 Å². The van der Waals surface area contributed by atoms with Crippen LogP contribution in [0.15, 0.2) is 23.3 Å². The SMILES string of the molecule is CC(=O)OC1C=C[C@]2(C)C3=C(CC[C@H]2C1)C1CCC2(CCCO2)[C@@]1(C)CC3. The average Bonchev–Trinajstić information content (AvgIpc) is 3.21. The van der Waals surface area contributed by atoms with Gasteiger partial charge in [0.25, 0.3) is 0 Å². The highest BCUT2D eigenvalue weighted by Gasteiger charge is 2.62. The van der Waals surface area contributed by atoms with Crippen LogP contribution in [0.2, 0.25) is 0 Å². The second-order valence-electron chi connectivity index (χ2n) is 10.2. The van der Waals surface area contributed by atoms with Crippen molar-refractivity contribution < 1.29 is 14.3 Å². The Labute approximate surface area is 163 Å². The summed E-state index contributed by atoms with van der Waals surface area (Å²) in [7, 11) is 0. The van der Waals surface area contributed by atoms with Crippen LogP contribution in [0.1, 0.15) is 78.6 Å². The van der Waals surface area contributed by atoms with Crippen molar-refractivity contribution in [3.8, 4) is 0 Å². The standard InChI is InChI=1S/C24H34O3/c1-16(25)27-18-7-11-22(2)17(15-18)5-6-19-20(22)8-12-23(3)21(19)9-13-24(23)10-4-14-26-24/h7,11,17-18,21H,4-6,8-10,12-15H2,1-3H3/t17-,18?,21?,22-,23-,24?/m0/s1. The van der Waals surface area contributed by atoms with Gasteiger partial charge in [0, 0.05) is 24.4 Å². The van der Waals surface area contributed by atoms with Crippen molar-refractivity contribution in [3.63, 3.8) is 0 Å². The van der Waals surface area contributed by atoms with E-state index in [4.69, 9.17) is 9.47 Å². The molecule has 5 rings (SSSR count). The summed E-state index contributed by atoms with van der Waals surface area (Å²) in [6, 6.07) is 0. The van der Waals surface area contributed by atoms with Gasteiger partial charge in [0.1, 0.15) is 6.10 Å². The number of carbonyl (C=O) groups is 1. The van der Waals surface area contributed by atoms with E-state index in [1.807, 2.05) is 0 Å². The average molecular weight is 371 g/mol. The first-order valence-electron chi connectivity index (χ1n) is 11.1. The topological polar surface area (TPSA) is 35.5 Å². The van der Waals surface area contributed by atoms with Gasteiger partial charge in [-0.2, -0.15) is 0 Å². The number of hydrogen-bond acceptors (Lipinski definition) is 3. The van der Waals surface area contributed by atoms with Crippen LogP contribution in [-0.2, 0) is 14.3 Å². The summed E-state index contributed by atoms with van der Waals surface area (Å²) < 4.78 is 12.0. The summed E-state index contributed by atoms with van der Waals surface area (Å²) in [6.45, 7) is 7.48. The number of ether oxygens (including phenoxy) is 2. The Bertz CT molecular complexity index is 713. The Hall–Kier alpha value is -1.09. The molecule has 0 aromatic rings. The van der Waals surface area contributed by atoms with Crippen LogP contribution >= 0.6 is 0 Å². The molecule has 4 aliphatic carbocycles. The fourth-order valence-electron chi connectivity index (χ4n) is 7.74. The monoisotopic (exact) mass is 370 g/mol. The minimum absolute atomic E-state index is 0.0294. The van der Waals surface area contributed by atoms with Gasteiger partial charge in [-0.05, 0) is 75.7 Å². The summed E-state index contributed by atoms with van der Waals surface area (Å²) >= 11 is 0. The molecule has 0 amide bonds. The van der Waals surface area contributed by atoms with Crippen molar-refractivity contribution in [2.75, 3.05) is 6.61 Å². The molecule has 148 valence electrons. The first kappa shape index (κ1) is 18.0. The highest BCUT2D eigenvalue weighted by molar-refractivity contribution is 5.66. The molecule has 6 atom stereocenters. The van der Waals surface area contributed by atoms with E-state index in [2.05, 4.69) is 26.0 Å². The molecule has 5 aliphatic rings. The van der Waals surface area contributed by atoms with Crippen LogP contribution in [0.5, 0.6) is 0 Å². The van der Waals surface area contributed by atoms with Crippen molar-refractivity contribution in [2.45, 2.75) is 90.3 Å². The van der Waals surface area contributed by atoms with Crippen molar-refractivity contribution in [3.05, 3.63) is 23.3 Å². The van der Waals surface area contributed by atoms with Gasteiger partial charge in [-0.1, -0.05) is 31.1 Å². The maximum Gasteiger partial charge on any atom is 0.303 e. The largest absolute Gasteiger partial charge is 0.458 e. The maximum atomic E-state index is 11.4. The third-order valence-electron chi connectivity index (χ3n) is 9.20. The summed E-state index contributed by atoms with van der Waals surface area (Å²) in [5, 5.41) is 0. The van der Waals surface area contributed by atoms with E-state index in [0.717, 1.165) is 18.9 Å². The Morgan fingerprint density at radius 1 is 1.19 bits per heavy atom. The molecule has 1 saturated heterocycles. The van der Waals surface area contributed by atoms with Gasteiger partial charge in [0.15, 0.2) is 0 Å². The number of fused-ring (bicyclic) bond motifs is 5. The number of hydrogen-bond donors (Lipinski definition) is 0. The molecule has 27 heavy (non-hydrogen) atoms. The lowest BCUT2D eigenvalue weighted by Crippen LogP contribution is -2.49. The number of esters is 1. The van der Waals surface area contributed by atoms with Crippen LogP contribution < -0.4 is 0 Å². The van der Waals surface area contributed by atoms with Gasteiger partial charge in [-0.15, -0.1) is 0 Å². The minimum Gasteiger partial charge on any atom is -0.458 e. The lowest BCUT2D eigenvalue weighted by molar-refractivity contribution is -0.145. The van der Waals surface area contributed by atoms with E-state index in [9.17, 15) is 4.79 Å². The van der Waals surface area contributed by atoms with Crippen LogP contribution in [-0.4, -0.2) is 24.3 Å². The Morgan fingerprint density at radius 2 is 2.04 bits per heavy atom. The molecule has 3 unspecified atom stereocenters. The fourth-order valence-corrected chi connectivity index (χ4v) is 7.74. The zero-order valence-corrected chi connectivity index (χ0v) is 17.2. The molecule has 3 heteroatoms. The molecule has 1 saturated carbocycles. The molecule has 0 aromatic carbocycles. The van der Waals surface area contributed by atoms with Crippen molar-refractivity contribution in [1.82, 2.24) is 0 Å². The molecule has 1 heterocycles. The van der Waals surface area contributed by atoms with Gasteiger partial charge in [0.05, 0.1) is 5.60 Å². The Balaban J connectivity index is 1.49. The lowest BCUT2D eigenvalue weighted by Gasteiger charge is -2.54. The van der Waals surface area contributed by atoms with Crippen molar-refractivity contribution >= 4 is 5.97 Å². The third-order valence-corrected chi connectivity index (χ3v) is 9.20. The zero-order chi connectivity index (χ0) is 18.9. The van der Waals surface area contributed by atoms with Gasteiger partial charge in [0.2, 0.25) is 0 Å². The zero-order valence-electron chi connectivity index (χ0n) is 17.2. The molecule has 1 spiro atoms. The maximum absolute atomic E-state index is 11.4. The summed E-state index contributed by atoms with van der Waals surface area (Å²) in [5.41, 5.74) is 4.18. The smallest absolute Gasteiger partial charge is 0.303 e. The van der Waals surface area contributed by atoms with E-state index < -0.39 is 0 Å². The molecular formula is C24H34O3. The third kappa shape index (κ3) is 2.39. The quantitative estimate of drug-likeness (QED) is 0.461. The lowest BCUT2D eigenvalue weighted by atomic mass is 9.52. The first-order valence-corrected chi connectivity index (χ1v) is 11.1. The normalized spacial score (nSPS) is 48.3. The van der Waals surface area contributed by atoms with E-state index in [1.165, 1.54) is 58.3 Å². The van der Waals surface area contributed by atoms with Crippen LogP contribution in [0, 0.1) is 22.7 Å². The van der Waals surface area contributed by atoms with Crippen LogP contribution in [0.4, 0.5) is 0 Å². The predicted octanol–water partition coefficient (Wildman–Crippen LogP) is 5.35. The first-order chi connectivity index (χ1) is 12.9. The molecule has 2 fully saturated rings. The highest BCUT2D eigenvalue weighted by Crippen LogP contribution is 2.67. The van der Waals surface area contributed by atoms with Gasteiger partial charge >= 0.3 is 5.97 Å². The number of allylic oxidation sites excluding steroid dienone is 3. The highest BCUT2D eigenvalue weighted by atomic mass is 16.5. The summed E-state index contributed by atoms with van der Waals surface area (Å²) in [6.07, 6.45) is 15.6. The fraction of sp³-hybridized carbons (Fsp3) is 0.792. The molecule has 3 nitrogen and oxygen atoms in total. The molecule has 0 bridgehead atoms. The Kier molecular flexibility index (Phi) is 3.96. The number of rotatable bonds is 1. The number of carbonyl (C=O) groups excluding carboxylic acids is 1.